The first-order valence-electron chi connectivity index (χ1n) is 7.08. The molecule has 0 radical (unpaired) electrons. The third-order valence-corrected chi connectivity index (χ3v) is 3.77. The van der Waals surface area contributed by atoms with E-state index >= 15 is 0 Å². The summed E-state index contributed by atoms with van der Waals surface area (Å²) in [6.45, 7) is 0. The molecule has 1 aliphatic heterocycles. The number of carbonyl (C=O) groups excluding carboxylic acids is 2. The largest absolute Gasteiger partial charge is 0.369 e. The number of amides is 2. The van der Waals surface area contributed by atoms with Gasteiger partial charge in [0.05, 0.1) is 6.04 Å². The summed E-state index contributed by atoms with van der Waals surface area (Å²) in [6.07, 6.45) is 1.90. The highest BCUT2D eigenvalue weighted by atomic mass is 16.2. The van der Waals surface area contributed by atoms with Crippen LogP contribution in [0.1, 0.15) is 17.2 Å². The summed E-state index contributed by atoms with van der Waals surface area (Å²) in [5, 5.41) is 2.85. The number of hydrogen-bond donors (Lipinski definition) is 2. The van der Waals surface area contributed by atoms with Crippen LogP contribution in [0.3, 0.4) is 0 Å². The highest BCUT2D eigenvalue weighted by molar-refractivity contribution is 6.11. The molecule has 2 amide bonds. The van der Waals surface area contributed by atoms with E-state index in [1.54, 1.807) is 0 Å². The van der Waals surface area contributed by atoms with Gasteiger partial charge in [0.1, 0.15) is 5.92 Å². The quantitative estimate of drug-likeness (QED) is 0.850. The molecule has 0 spiro atoms. The predicted molar refractivity (Wildman–Crippen MR) is 84.4 cm³/mol. The second kappa shape index (κ2) is 5.85. The lowest BCUT2D eigenvalue weighted by molar-refractivity contribution is -0.131. The molecule has 4 heteroatoms. The highest BCUT2D eigenvalue weighted by Gasteiger charge is 2.35. The van der Waals surface area contributed by atoms with Gasteiger partial charge in [-0.05, 0) is 16.7 Å². The van der Waals surface area contributed by atoms with Gasteiger partial charge in [0.25, 0.3) is 0 Å². The van der Waals surface area contributed by atoms with Gasteiger partial charge in [-0.15, -0.1) is 0 Å². The van der Waals surface area contributed by atoms with E-state index in [-0.39, 0.29) is 11.9 Å². The van der Waals surface area contributed by atoms with E-state index in [1.807, 2.05) is 66.7 Å². The van der Waals surface area contributed by atoms with Crippen molar-refractivity contribution in [2.75, 3.05) is 0 Å². The maximum atomic E-state index is 12.4. The molecule has 3 N–H and O–H groups in total. The number of hydrogen-bond acceptors (Lipinski definition) is 2. The van der Waals surface area contributed by atoms with E-state index in [1.165, 1.54) is 0 Å². The van der Waals surface area contributed by atoms with Crippen molar-refractivity contribution < 1.29 is 9.59 Å². The van der Waals surface area contributed by atoms with Crippen molar-refractivity contribution >= 4 is 17.4 Å². The molecule has 0 unspecified atom stereocenters. The molecule has 4 nitrogen and oxygen atoms in total. The van der Waals surface area contributed by atoms with Gasteiger partial charge in [0.15, 0.2) is 0 Å². The molecule has 1 aliphatic rings. The highest BCUT2D eigenvalue weighted by Crippen LogP contribution is 2.32. The van der Waals surface area contributed by atoms with Crippen LogP contribution in [-0.4, -0.2) is 11.8 Å². The molecule has 0 saturated carbocycles. The van der Waals surface area contributed by atoms with Crippen LogP contribution in [-0.2, 0) is 9.59 Å². The smallest absolute Gasteiger partial charge is 0.237 e. The molecule has 0 fully saturated rings. The standard InChI is InChI=1S/C18H16N2O2/c19-17(21)16-14(12-7-3-1-4-8-12)11-15(20-18(16)22)13-9-5-2-6-10-13/h1-11,15-16H,(H2,19,21)(H,20,22)/t15-,16-/m0/s1. The van der Waals surface area contributed by atoms with E-state index in [2.05, 4.69) is 5.32 Å². The van der Waals surface area contributed by atoms with E-state index in [0.29, 0.717) is 5.57 Å². The van der Waals surface area contributed by atoms with E-state index in [4.69, 9.17) is 5.73 Å². The second-order valence-corrected chi connectivity index (χ2v) is 5.22. The van der Waals surface area contributed by atoms with Crippen LogP contribution in [0.25, 0.3) is 5.57 Å². The molecule has 0 bridgehead atoms. The normalized spacial score (nSPS) is 20.9. The van der Waals surface area contributed by atoms with E-state index in [0.717, 1.165) is 11.1 Å². The average molecular weight is 292 g/mol. The van der Waals surface area contributed by atoms with Crippen molar-refractivity contribution in [3.05, 3.63) is 77.9 Å². The van der Waals surface area contributed by atoms with Crippen LogP contribution < -0.4 is 11.1 Å². The van der Waals surface area contributed by atoms with Crippen molar-refractivity contribution in [1.82, 2.24) is 5.32 Å². The summed E-state index contributed by atoms with van der Waals surface area (Å²) in [6, 6.07) is 18.8. The molecular formula is C18H16N2O2. The first-order valence-corrected chi connectivity index (χ1v) is 7.08. The van der Waals surface area contributed by atoms with Crippen molar-refractivity contribution in [3.63, 3.8) is 0 Å². The number of carbonyl (C=O) groups is 2. The molecule has 2 aromatic carbocycles. The molecule has 2 aromatic rings. The summed E-state index contributed by atoms with van der Waals surface area (Å²) in [7, 11) is 0. The van der Waals surface area contributed by atoms with Crippen LogP contribution >= 0.6 is 0 Å². The Hall–Kier alpha value is -2.88. The van der Waals surface area contributed by atoms with Gasteiger partial charge in [-0.1, -0.05) is 66.7 Å². The van der Waals surface area contributed by atoms with Crippen LogP contribution in [0.2, 0.25) is 0 Å². The first kappa shape index (κ1) is 14.1. The number of rotatable bonds is 3. The Morgan fingerprint density at radius 1 is 0.955 bits per heavy atom. The van der Waals surface area contributed by atoms with Gasteiger partial charge in [-0.3, -0.25) is 9.59 Å². The molecule has 0 aliphatic carbocycles. The fourth-order valence-corrected chi connectivity index (χ4v) is 2.71. The van der Waals surface area contributed by atoms with Crippen LogP contribution in [0.5, 0.6) is 0 Å². The fourth-order valence-electron chi connectivity index (χ4n) is 2.71. The maximum Gasteiger partial charge on any atom is 0.237 e. The molecule has 110 valence electrons. The molecule has 0 aromatic heterocycles. The molecule has 3 rings (SSSR count). The minimum absolute atomic E-state index is 0.264. The molecular weight excluding hydrogens is 276 g/mol. The SMILES string of the molecule is NC(=O)[C@H]1C(=O)N[C@H](c2ccccc2)C=C1c1ccccc1. The Bertz CT molecular complexity index is 723. The average Bonchev–Trinajstić information content (AvgIpc) is 2.55. The Morgan fingerprint density at radius 2 is 1.55 bits per heavy atom. The van der Waals surface area contributed by atoms with Gasteiger partial charge in [-0.25, -0.2) is 0 Å². The van der Waals surface area contributed by atoms with E-state index in [9.17, 15) is 9.59 Å². The summed E-state index contributed by atoms with van der Waals surface area (Å²) in [5.74, 6) is -1.95. The van der Waals surface area contributed by atoms with Gasteiger partial charge in [-0.2, -0.15) is 0 Å². The maximum absolute atomic E-state index is 12.4. The minimum Gasteiger partial charge on any atom is -0.369 e. The number of benzene rings is 2. The monoisotopic (exact) mass is 292 g/mol. The molecule has 2 atom stereocenters. The lowest BCUT2D eigenvalue weighted by atomic mass is 9.85. The first-order chi connectivity index (χ1) is 10.7. The zero-order valence-electron chi connectivity index (χ0n) is 11.9. The van der Waals surface area contributed by atoms with Crippen molar-refractivity contribution in [2.45, 2.75) is 6.04 Å². The van der Waals surface area contributed by atoms with Crippen molar-refractivity contribution in [2.24, 2.45) is 11.7 Å². The summed E-state index contributed by atoms with van der Waals surface area (Å²) < 4.78 is 0. The minimum atomic E-state index is -0.956. The number of nitrogens with two attached hydrogens (primary N) is 1. The van der Waals surface area contributed by atoms with Crippen molar-refractivity contribution in [1.29, 1.82) is 0 Å². The second-order valence-electron chi connectivity index (χ2n) is 5.22. The van der Waals surface area contributed by atoms with Gasteiger partial charge >= 0.3 is 0 Å². The van der Waals surface area contributed by atoms with E-state index < -0.39 is 11.8 Å². The molecule has 1 heterocycles. The Labute approximate surface area is 128 Å². The lowest BCUT2D eigenvalue weighted by Crippen LogP contribution is -2.44. The zero-order chi connectivity index (χ0) is 15.5. The molecule has 0 saturated heterocycles. The molecule has 22 heavy (non-hydrogen) atoms. The fraction of sp³-hybridized carbons (Fsp3) is 0.111. The predicted octanol–water partition coefficient (Wildman–Crippen LogP) is 2.04. The lowest BCUT2D eigenvalue weighted by Gasteiger charge is -2.28. The topological polar surface area (TPSA) is 72.2 Å². The Morgan fingerprint density at radius 3 is 2.14 bits per heavy atom. The third-order valence-electron chi connectivity index (χ3n) is 3.77. The van der Waals surface area contributed by atoms with Crippen molar-refractivity contribution in [3.8, 4) is 0 Å². The third kappa shape index (κ3) is 2.63. The summed E-state index contributed by atoms with van der Waals surface area (Å²) in [5.41, 5.74) is 7.89. The Balaban J connectivity index is 2.08. The number of nitrogens with one attached hydrogen (secondary N) is 1. The van der Waals surface area contributed by atoms with Crippen LogP contribution in [0, 0.1) is 5.92 Å². The summed E-state index contributed by atoms with van der Waals surface area (Å²) in [4.78, 5) is 24.1. The Kier molecular flexibility index (Phi) is 3.74. The zero-order valence-corrected chi connectivity index (χ0v) is 11.9. The van der Waals surface area contributed by atoms with Crippen LogP contribution in [0.15, 0.2) is 66.7 Å². The van der Waals surface area contributed by atoms with Gasteiger partial charge < -0.3 is 11.1 Å². The van der Waals surface area contributed by atoms with Crippen LogP contribution in [0.4, 0.5) is 0 Å². The summed E-state index contributed by atoms with van der Waals surface area (Å²) >= 11 is 0. The van der Waals surface area contributed by atoms with Gasteiger partial charge in [0, 0.05) is 0 Å². The van der Waals surface area contributed by atoms with Gasteiger partial charge in [0.2, 0.25) is 11.8 Å². The number of primary amides is 1.